The fourth-order valence-corrected chi connectivity index (χ4v) is 7.62. The fourth-order valence-electron chi connectivity index (χ4n) is 7.62. The average Bonchev–Trinajstić information content (AvgIpc) is 3.55. The summed E-state index contributed by atoms with van der Waals surface area (Å²) in [5.41, 5.74) is 4.98. The molecule has 2 aromatic heterocycles. The lowest BCUT2D eigenvalue weighted by Gasteiger charge is -2.48. The first-order chi connectivity index (χ1) is 22.9. The number of aryl methyl sites for hydroxylation is 1. The van der Waals surface area contributed by atoms with Crippen molar-refractivity contribution in [1.82, 2.24) is 24.8 Å². The van der Waals surface area contributed by atoms with E-state index in [-0.39, 0.29) is 35.6 Å². The molecule has 0 spiro atoms. The number of piperidine rings is 1. The highest BCUT2D eigenvalue weighted by Crippen LogP contribution is 2.48. The number of aromatic nitrogens is 3. The number of benzene rings is 2. The minimum absolute atomic E-state index is 0.0479. The highest BCUT2D eigenvalue weighted by molar-refractivity contribution is 6.09. The number of nitrogens with one attached hydrogen (secondary N) is 2. The number of fused-ring (bicyclic) bond motifs is 2. The summed E-state index contributed by atoms with van der Waals surface area (Å²) >= 11 is 0. The number of nitrogens with zero attached hydrogens (tertiary/aromatic N) is 5. The Hall–Kier alpha value is -4.38. The molecule has 48 heavy (non-hydrogen) atoms. The first-order valence-electron chi connectivity index (χ1n) is 16.9. The van der Waals surface area contributed by atoms with Crippen LogP contribution in [0.2, 0.25) is 0 Å². The molecule has 2 amide bonds. The van der Waals surface area contributed by atoms with Gasteiger partial charge >= 0.3 is 0 Å². The van der Waals surface area contributed by atoms with Crippen molar-refractivity contribution < 1.29 is 18.4 Å². The van der Waals surface area contributed by atoms with Crippen molar-refractivity contribution in [2.24, 2.45) is 0 Å². The quantitative estimate of drug-likeness (QED) is 0.227. The molecule has 0 radical (unpaired) electrons. The summed E-state index contributed by atoms with van der Waals surface area (Å²) in [4.78, 5) is 40.4. The average molecular weight is 656 g/mol. The lowest BCUT2D eigenvalue weighted by Crippen LogP contribution is -2.58. The highest BCUT2D eigenvalue weighted by atomic mass is 19.1. The van der Waals surface area contributed by atoms with Crippen LogP contribution in [0.5, 0.6) is 0 Å². The molecule has 0 unspecified atom stereocenters. The summed E-state index contributed by atoms with van der Waals surface area (Å²) in [5.74, 6) is -0.337. The van der Waals surface area contributed by atoms with Crippen molar-refractivity contribution >= 4 is 40.0 Å². The number of pyridine rings is 1. The number of carbonyl (C=O) groups excluding carboxylic acids is 2. The van der Waals surface area contributed by atoms with Crippen LogP contribution in [-0.4, -0.2) is 69.6 Å². The van der Waals surface area contributed by atoms with E-state index in [1.165, 1.54) is 12.1 Å². The van der Waals surface area contributed by atoms with Crippen LogP contribution in [0.25, 0.3) is 22.3 Å². The molecule has 3 aliphatic rings. The second kappa shape index (κ2) is 11.9. The SMILES string of the molecule is CNC(=O)c1cc(Nc2nc(-c3ccc4c(c3)N(C3CC(N5CCC[C@@H](F)C5)C3)C(=O)C4(C)C)cc3ncn(C(C)C)c23)c(F)cc1C. The van der Waals surface area contributed by atoms with Crippen LogP contribution >= 0.6 is 0 Å². The molecule has 0 bridgehead atoms. The van der Waals surface area contributed by atoms with E-state index in [0.717, 1.165) is 42.6 Å². The molecule has 7 rings (SSSR count). The van der Waals surface area contributed by atoms with Crippen molar-refractivity contribution in [3.8, 4) is 11.3 Å². The molecule has 4 aromatic rings. The Bertz CT molecular complexity index is 1930. The van der Waals surface area contributed by atoms with E-state index in [0.29, 0.717) is 46.6 Å². The third-order valence-electron chi connectivity index (χ3n) is 10.5. The maximum atomic E-state index is 15.4. The maximum absolute atomic E-state index is 15.4. The number of likely N-dealkylation sites (tertiary alicyclic amines) is 1. The van der Waals surface area contributed by atoms with E-state index in [1.54, 1.807) is 20.3 Å². The van der Waals surface area contributed by atoms with E-state index in [2.05, 4.69) is 20.5 Å². The van der Waals surface area contributed by atoms with Gasteiger partial charge in [0.1, 0.15) is 17.5 Å². The minimum Gasteiger partial charge on any atom is -0.355 e. The van der Waals surface area contributed by atoms with Crippen LogP contribution in [0.4, 0.5) is 26.0 Å². The van der Waals surface area contributed by atoms with Crippen molar-refractivity contribution in [2.45, 2.75) is 90.0 Å². The third kappa shape index (κ3) is 5.32. The van der Waals surface area contributed by atoms with Gasteiger partial charge in [-0.05, 0) is 102 Å². The first-order valence-corrected chi connectivity index (χ1v) is 16.9. The van der Waals surface area contributed by atoms with Gasteiger partial charge < -0.3 is 20.1 Å². The first kappa shape index (κ1) is 32.2. The number of anilines is 3. The fraction of sp³-hybridized carbons (Fsp3) is 0.459. The lowest BCUT2D eigenvalue weighted by atomic mass is 9.82. The Morgan fingerprint density at radius 2 is 1.88 bits per heavy atom. The predicted octanol–water partition coefficient (Wildman–Crippen LogP) is 6.82. The Morgan fingerprint density at radius 1 is 1.10 bits per heavy atom. The molecule has 11 heteroatoms. The van der Waals surface area contributed by atoms with Crippen LogP contribution in [0.1, 0.15) is 80.9 Å². The smallest absolute Gasteiger partial charge is 0.251 e. The Labute approximate surface area is 279 Å². The molecule has 9 nitrogen and oxygen atoms in total. The van der Waals surface area contributed by atoms with Gasteiger partial charge in [0, 0.05) is 48.5 Å². The predicted molar refractivity (Wildman–Crippen MR) is 184 cm³/mol. The molecule has 1 aliphatic carbocycles. The largest absolute Gasteiger partial charge is 0.355 e. The van der Waals surface area contributed by atoms with Gasteiger partial charge in [0.15, 0.2) is 5.82 Å². The summed E-state index contributed by atoms with van der Waals surface area (Å²) in [6, 6.07) is 11.2. The number of amides is 2. The maximum Gasteiger partial charge on any atom is 0.251 e. The van der Waals surface area contributed by atoms with Gasteiger partial charge in [-0.1, -0.05) is 12.1 Å². The van der Waals surface area contributed by atoms with Crippen molar-refractivity contribution in [3.63, 3.8) is 0 Å². The normalized spacial score (nSPS) is 22.2. The van der Waals surface area contributed by atoms with Gasteiger partial charge in [-0.2, -0.15) is 0 Å². The van der Waals surface area contributed by atoms with Crippen molar-refractivity contribution in [2.75, 3.05) is 30.4 Å². The molecular weight excluding hydrogens is 612 g/mol. The number of halogens is 2. The van der Waals surface area contributed by atoms with E-state index in [9.17, 15) is 14.0 Å². The number of imidazole rings is 1. The summed E-state index contributed by atoms with van der Waals surface area (Å²) in [6.07, 6.45) is 4.13. The molecule has 4 heterocycles. The summed E-state index contributed by atoms with van der Waals surface area (Å²) in [6.45, 7) is 11.1. The molecule has 1 atom stereocenters. The van der Waals surface area contributed by atoms with Gasteiger partial charge in [-0.25, -0.2) is 18.7 Å². The van der Waals surface area contributed by atoms with Gasteiger partial charge in [0.2, 0.25) is 5.91 Å². The topological polar surface area (TPSA) is 95.4 Å². The van der Waals surface area contributed by atoms with Crippen molar-refractivity contribution in [1.29, 1.82) is 0 Å². The second-order valence-electron chi connectivity index (χ2n) is 14.4. The standard InChI is InChI=1S/C37H43F2N7O2/c1-20(2)45-19-41-31-17-29(42-34(33(31)45)43-30-16-26(35(47)40-6)21(3)12-28(30)39)22-9-10-27-32(13-22)46(36(48)37(27,4)5)25-14-24(15-25)44-11-7-8-23(38)18-44/h9-10,12-13,16-17,19-20,23-25H,7-8,11,14-15,18H2,1-6H3,(H,40,47)(H,42,43)/t23-,24?,25?/m1/s1. The number of hydrogen-bond donors (Lipinski definition) is 2. The zero-order chi connectivity index (χ0) is 34.1. The summed E-state index contributed by atoms with van der Waals surface area (Å²) < 4.78 is 31.5. The number of hydrogen-bond acceptors (Lipinski definition) is 6. The van der Waals surface area contributed by atoms with Gasteiger partial charge in [0.05, 0.1) is 28.6 Å². The minimum atomic E-state index is -0.773. The zero-order valence-electron chi connectivity index (χ0n) is 28.4. The van der Waals surface area contributed by atoms with Crippen LogP contribution in [0.3, 0.4) is 0 Å². The molecule has 2 aliphatic heterocycles. The van der Waals surface area contributed by atoms with Gasteiger partial charge in [-0.15, -0.1) is 0 Å². The Kier molecular flexibility index (Phi) is 8.01. The molecule has 1 saturated heterocycles. The lowest BCUT2D eigenvalue weighted by molar-refractivity contribution is -0.123. The monoisotopic (exact) mass is 655 g/mol. The van der Waals surface area contributed by atoms with E-state index in [1.807, 2.05) is 61.4 Å². The summed E-state index contributed by atoms with van der Waals surface area (Å²) in [5, 5.41) is 5.81. The van der Waals surface area contributed by atoms with Crippen LogP contribution in [0, 0.1) is 12.7 Å². The highest BCUT2D eigenvalue weighted by Gasteiger charge is 2.50. The number of rotatable bonds is 7. The molecule has 2 fully saturated rings. The molecule has 252 valence electrons. The van der Waals surface area contributed by atoms with Crippen LogP contribution < -0.4 is 15.5 Å². The molecule has 2 N–H and O–H groups in total. The Balaban J connectivity index is 1.27. The van der Waals surface area contributed by atoms with E-state index in [4.69, 9.17) is 4.98 Å². The number of alkyl halides is 1. The summed E-state index contributed by atoms with van der Waals surface area (Å²) in [7, 11) is 1.54. The van der Waals surface area contributed by atoms with Crippen LogP contribution in [0.15, 0.2) is 42.7 Å². The molecule has 2 aromatic carbocycles. The van der Waals surface area contributed by atoms with Gasteiger partial charge in [0.25, 0.3) is 5.91 Å². The van der Waals surface area contributed by atoms with E-state index >= 15 is 4.39 Å². The zero-order valence-corrected chi connectivity index (χ0v) is 28.4. The molecular formula is C37H43F2N7O2. The Morgan fingerprint density at radius 3 is 2.58 bits per heavy atom. The molecule has 1 saturated carbocycles. The van der Waals surface area contributed by atoms with E-state index < -0.39 is 17.4 Å². The number of carbonyl (C=O) groups is 2. The van der Waals surface area contributed by atoms with Gasteiger partial charge in [-0.3, -0.25) is 14.5 Å². The van der Waals surface area contributed by atoms with Crippen LogP contribution in [-0.2, 0) is 10.2 Å². The van der Waals surface area contributed by atoms with Crippen molar-refractivity contribution in [3.05, 3.63) is 65.2 Å². The third-order valence-corrected chi connectivity index (χ3v) is 10.5. The second-order valence-corrected chi connectivity index (χ2v) is 14.4.